The summed E-state index contributed by atoms with van der Waals surface area (Å²) >= 11 is 0. The van der Waals surface area contributed by atoms with E-state index in [1.54, 1.807) is 18.2 Å². The summed E-state index contributed by atoms with van der Waals surface area (Å²) in [6.45, 7) is 0.378. The second-order valence-electron chi connectivity index (χ2n) is 8.81. The normalized spacial score (nSPS) is 13.9. The monoisotopic (exact) mass is 578 g/mol. The van der Waals surface area contributed by atoms with Crippen LogP contribution in [-0.2, 0) is 27.5 Å². The van der Waals surface area contributed by atoms with E-state index in [4.69, 9.17) is 0 Å². The number of halogens is 3. The van der Waals surface area contributed by atoms with Crippen LogP contribution in [0.2, 0.25) is 0 Å². The van der Waals surface area contributed by atoms with Gasteiger partial charge in [-0.05, 0) is 24.3 Å². The molecule has 1 aromatic carbocycles. The first-order valence-electron chi connectivity index (χ1n) is 11.8. The number of benzene rings is 1. The molecule has 1 fully saturated rings. The molecule has 3 N–H and O–H groups in total. The van der Waals surface area contributed by atoms with Crippen molar-refractivity contribution in [2.45, 2.75) is 12.7 Å². The third-order valence-electron chi connectivity index (χ3n) is 5.89. The van der Waals surface area contributed by atoms with E-state index in [-0.39, 0.29) is 42.2 Å². The second kappa shape index (κ2) is 11.3. The minimum Gasteiger partial charge on any atom is -0.365 e. The van der Waals surface area contributed by atoms with Gasteiger partial charge < -0.3 is 20.9 Å². The summed E-state index contributed by atoms with van der Waals surface area (Å²) in [6.07, 6.45) is -1.82. The fourth-order valence-corrected chi connectivity index (χ4v) is 4.30. The molecular weight excluding hydrogens is 553 g/mol. The fraction of sp³-hybridized carbons (Fsp3) is 0.292. The summed E-state index contributed by atoms with van der Waals surface area (Å²) in [5.41, 5.74) is -0.215. The maximum Gasteiger partial charge on any atom is 0.421 e. The van der Waals surface area contributed by atoms with E-state index in [0.717, 1.165) is 10.6 Å². The third-order valence-corrected chi connectivity index (χ3v) is 7.06. The van der Waals surface area contributed by atoms with E-state index in [1.807, 2.05) is 0 Å². The standard InChI is InChI=1S/C24H25F3N8O4S/c1-34(40(2,38)39)21-16(6-4-8-29-21)12-30-20-18(24(25,26)27)13-31-23(33-20)32-17-7-3-5-15(11-17)22(37)35-10-9-28-19(36)14-35/h3-8,11,13H,9-10,12,14H2,1-2H3,(H,28,36)(H2,30,31,32,33). The molecule has 0 saturated carbocycles. The van der Waals surface area contributed by atoms with E-state index in [1.165, 1.54) is 36.3 Å². The molecule has 0 atom stereocenters. The Labute approximate surface area is 227 Å². The molecular formula is C24H25F3N8O4S. The molecule has 1 aliphatic rings. The lowest BCUT2D eigenvalue weighted by Crippen LogP contribution is -2.49. The molecule has 12 nitrogen and oxygen atoms in total. The lowest BCUT2D eigenvalue weighted by atomic mass is 10.1. The number of rotatable bonds is 8. The van der Waals surface area contributed by atoms with Crippen LogP contribution in [-0.4, -0.2) is 73.0 Å². The molecule has 0 bridgehead atoms. The molecule has 212 valence electrons. The molecule has 4 rings (SSSR count). The zero-order chi connectivity index (χ0) is 29.1. The van der Waals surface area contributed by atoms with Crippen LogP contribution in [0, 0.1) is 0 Å². The van der Waals surface area contributed by atoms with Gasteiger partial charge in [0.1, 0.15) is 17.2 Å². The summed E-state index contributed by atoms with van der Waals surface area (Å²) in [5, 5.41) is 8.05. The van der Waals surface area contributed by atoms with Gasteiger partial charge in [-0.1, -0.05) is 12.1 Å². The van der Waals surface area contributed by atoms with Crippen LogP contribution in [0.15, 0.2) is 48.8 Å². The fourth-order valence-electron chi connectivity index (χ4n) is 3.83. The number of piperazine rings is 1. The topological polar surface area (TPSA) is 150 Å². The lowest BCUT2D eigenvalue weighted by molar-refractivity contribution is -0.137. The van der Waals surface area contributed by atoms with Crippen LogP contribution < -0.4 is 20.3 Å². The molecule has 3 heterocycles. The van der Waals surface area contributed by atoms with Gasteiger partial charge in [-0.2, -0.15) is 18.2 Å². The smallest absolute Gasteiger partial charge is 0.365 e. The summed E-state index contributed by atoms with van der Waals surface area (Å²) in [6, 6.07) is 9.24. The average Bonchev–Trinajstić information content (AvgIpc) is 2.90. The van der Waals surface area contributed by atoms with Gasteiger partial charge in [0.2, 0.25) is 21.9 Å². The quantitative estimate of drug-likeness (QED) is 0.366. The van der Waals surface area contributed by atoms with Crippen LogP contribution in [0.1, 0.15) is 21.5 Å². The van der Waals surface area contributed by atoms with Crippen molar-refractivity contribution in [3.63, 3.8) is 0 Å². The summed E-state index contributed by atoms with van der Waals surface area (Å²) in [5.74, 6) is -1.33. The molecule has 16 heteroatoms. The zero-order valence-electron chi connectivity index (χ0n) is 21.4. The van der Waals surface area contributed by atoms with E-state index >= 15 is 0 Å². The molecule has 1 aliphatic heterocycles. The number of carbonyl (C=O) groups excluding carboxylic acids is 2. The van der Waals surface area contributed by atoms with Crippen molar-refractivity contribution in [2.75, 3.05) is 47.9 Å². The minimum absolute atomic E-state index is 0.0473. The largest absolute Gasteiger partial charge is 0.421 e. The Morgan fingerprint density at radius 2 is 1.98 bits per heavy atom. The van der Waals surface area contributed by atoms with Gasteiger partial charge >= 0.3 is 6.18 Å². The van der Waals surface area contributed by atoms with E-state index in [9.17, 15) is 31.2 Å². The SMILES string of the molecule is CN(c1ncccc1CNc1nc(Nc2cccc(C(=O)N3CCNC(=O)C3)c2)ncc1C(F)(F)F)S(C)(=O)=O. The highest BCUT2D eigenvalue weighted by Gasteiger charge is 2.35. The van der Waals surface area contributed by atoms with Crippen molar-refractivity contribution in [3.8, 4) is 0 Å². The Balaban J connectivity index is 1.57. The molecule has 0 aliphatic carbocycles. The zero-order valence-corrected chi connectivity index (χ0v) is 22.2. The number of hydrogen-bond acceptors (Lipinski definition) is 9. The molecule has 2 amide bonds. The van der Waals surface area contributed by atoms with Crippen molar-refractivity contribution in [1.29, 1.82) is 0 Å². The van der Waals surface area contributed by atoms with Crippen molar-refractivity contribution < 1.29 is 31.2 Å². The van der Waals surface area contributed by atoms with Gasteiger partial charge in [-0.25, -0.2) is 18.4 Å². The summed E-state index contributed by atoms with van der Waals surface area (Å²) < 4.78 is 66.1. The number of nitrogens with zero attached hydrogens (tertiary/aromatic N) is 5. The molecule has 2 aromatic heterocycles. The molecule has 3 aromatic rings. The second-order valence-corrected chi connectivity index (χ2v) is 10.8. The van der Waals surface area contributed by atoms with Crippen LogP contribution in [0.25, 0.3) is 0 Å². The van der Waals surface area contributed by atoms with Crippen LogP contribution in [0.3, 0.4) is 0 Å². The number of hydrogen-bond donors (Lipinski definition) is 3. The molecule has 1 saturated heterocycles. The Hall–Kier alpha value is -4.47. The lowest BCUT2D eigenvalue weighted by Gasteiger charge is -2.26. The highest BCUT2D eigenvalue weighted by atomic mass is 32.2. The Morgan fingerprint density at radius 3 is 2.67 bits per heavy atom. The van der Waals surface area contributed by atoms with Crippen LogP contribution in [0.5, 0.6) is 0 Å². The number of sulfonamides is 1. The van der Waals surface area contributed by atoms with E-state index < -0.39 is 27.6 Å². The Kier molecular flexibility index (Phi) is 8.08. The molecule has 0 spiro atoms. The highest BCUT2D eigenvalue weighted by molar-refractivity contribution is 7.92. The number of anilines is 4. The third kappa shape index (κ3) is 6.74. The molecule has 0 radical (unpaired) electrons. The van der Waals surface area contributed by atoms with Gasteiger partial charge in [-0.3, -0.25) is 13.9 Å². The number of pyridine rings is 1. The first-order chi connectivity index (χ1) is 18.8. The number of amides is 2. The van der Waals surface area contributed by atoms with Crippen molar-refractivity contribution in [3.05, 3.63) is 65.5 Å². The number of aromatic nitrogens is 3. The van der Waals surface area contributed by atoms with Gasteiger partial charge in [0, 0.05) is 55.9 Å². The first-order valence-corrected chi connectivity index (χ1v) is 13.7. The van der Waals surface area contributed by atoms with Crippen molar-refractivity contribution in [1.82, 2.24) is 25.2 Å². The predicted octanol–water partition coefficient (Wildman–Crippen LogP) is 2.21. The highest BCUT2D eigenvalue weighted by Crippen LogP contribution is 2.34. The number of nitrogens with one attached hydrogen (secondary N) is 3. The summed E-state index contributed by atoms with van der Waals surface area (Å²) in [7, 11) is -2.39. The maximum absolute atomic E-state index is 13.7. The van der Waals surface area contributed by atoms with Gasteiger partial charge in [0.15, 0.2) is 0 Å². The maximum atomic E-state index is 13.7. The van der Waals surface area contributed by atoms with Crippen LogP contribution in [0.4, 0.5) is 36.4 Å². The molecule has 40 heavy (non-hydrogen) atoms. The molecule has 0 unspecified atom stereocenters. The summed E-state index contributed by atoms with van der Waals surface area (Å²) in [4.78, 5) is 37.7. The van der Waals surface area contributed by atoms with Gasteiger partial charge in [0.25, 0.3) is 5.91 Å². The Morgan fingerprint density at radius 1 is 1.20 bits per heavy atom. The van der Waals surface area contributed by atoms with Gasteiger partial charge in [0.05, 0.1) is 12.8 Å². The average molecular weight is 579 g/mol. The first kappa shape index (κ1) is 28.5. The number of carbonyl (C=O) groups is 2. The minimum atomic E-state index is -4.78. The van der Waals surface area contributed by atoms with Gasteiger partial charge in [-0.15, -0.1) is 0 Å². The number of alkyl halides is 3. The van der Waals surface area contributed by atoms with Crippen LogP contribution >= 0.6 is 0 Å². The van der Waals surface area contributed by atoms with E-state index in [0.29, 0.717) is 30.5 Å². The van der Waals surface area contributed by atoms with E-state index in [2.05, 4.69) is 30.9 Å². The van der Waals surface area contributed by atoms with Crippen molar-refractivity contribution >= 4 is 45.1 Å². The van der Waals surface area contributed by atoms with Crippen molar-refractivity contribution in [2.24, 2.45) is 0 Å². The Bertz CT molecular complexity index is 1530. The predicted molar refractivity (Wildman–Crippen MR) is 140 cm³/mol.